The summed E-state index contributed by atoms with van der Waals surface area (Å²) in [4.78, 5) is 4.02. The quantitative estimate of drug-likeness (QED) is 0.270. The van der Waals surface area contributed by atoms with Gasteiger partial charge in [0, 0.05) is 35.3 Å². The summed E-state index contributed by atoms with van der Waals surface area (Å²) in [5.41, 5.74) is 0.139. The summed E-state index contributed by atoms with van der Waals surface area (Å²) >= 11 is 0. The first-order chi connectivity index (χ1) is 17.8. The molecule has 0 aliphatic rings. The number of ether oxygens (including phenoxy) is 2. The molecule has 0 saturated heterocycles. The highest BCUT2D eigenvalue weighted by Gasteiger charge is 2.32. The van der Waals surface area contributed by atoms with E-state index >= 15 is 4.39 Å². The zero-order valence-electron chi connectivity index (χ0n) is 19.6. The highest BCUT2D eigenvalue weighted by atomic mass is 32.2. The second kappa shape index (κ2) is 9.51. The topological polar surface area (TPSA) is 94.8 Å². The van der Waals surface area contributed by atoms with Crippen LogP contribution in [-0.2, 0) is 10.0 Å². The summed E-state index contributed by atoms with van der Waals surface area (Å²) in [6, 6.07) is 15.1. The standard InChI is InChI=1S/C26H19F2N3O5S/c1-34-24-13-21(16-4-3-5-19(27)10-16)22(28)14-23(24)31(25-8-9-36-30-25)37(32,33)20-7-6-17-15-29-26(35-2)12-18(17)11-20/h3-15H,1-2H3. The molecular weight excluding hydrogens is 504 g/mol. The maximum atomic E-state index is 15.4. The Labute approximate surface area is 210 Å². The van der Waals surface area contributed by atoms with Gasteiger partial charge in [0.1, 0.15) is 29.3 Å². The van der Waals surface area contributed by atoms with Crippen molar-refractivity contribution in [3.8, 4) is 22.8 Å². The number of sulfonamides is 1. The van der Waals surface area contributed by atoms with E-state index in [1.807, 2.05) is 0 Å². The van der Waals surface area contributed by atoms with Crippen molar-refractivity contribution < 1.29 is 31.2 Å². The van der Waals surface area contributed by atoms with Crippen LogP contribution in [0.25, 0.3) is 21.9 Å². The van der Waals surface area contributed by atoms with E-state index in [4.69, 9.17) is 14.0 Å². The molecule has 3 aromatic carbocycles. The van der Waals surface area contributed by atoms with Crippen LogP contribution in [0.15, 0.2) is 88.6 Å². The van der Waals surface area contributed by atoms with Crippen LogP contribution in [0, 0.1) is 11.6 Å². The van der Waals surface area contributed by atoms with Crippen molar-refractivity contribution in [2.24, 2.45) is 0 Å². The fourth-order valence-electron chi connectivity index (χ4n) is 3.91. The SMILES string of the molecule is COc1cc2cc(S(=O)(=O)N(c3ccon3)c3cc(F)c(-c4cccc(F)c4)cc3OC)ccc2cn1. The lowest BCUT2D eigenvalue weighted by atomic mass is 10.0. The predicted octanol–water partition coefficient (Wildman–Crippen LogP) is 5.71. The highest BCUT2D eigenvalue weighted by molar-refractivity contribution is 7.93. The van der Waals surface area contributed by atoms with Crippen molar-refractivity contribution in [2.45, 2.75) is 4.90 Å². The molecule has 0 aliphatic heterocycles. The molecule has 8 nitrogen and oxygen atoms in total. The molecule has 2 aromatic heterocycles. The monoisotopic (exact) mass is 523 g/mol. The van der Waals surface area contributed by atoms with Crippen LogP contribution in [0.4, 0.5) is 20.3 Å². The minimum Gasteiger partial charge on any atom is -0.495 e. The Morgan fingerprint density at radius 1 is 0.919 bits per heavy atom. The molecular formula is C26H19F2N3O5S. The second-order valence-corrected chi connectivity index (χ2v) is 9.66. The number of pyridine rings is 1. The summed E-state index contributed by atoms with van der Waals surface area (Å²) in [5.74, 6) is -1.14. The van der Waals surface area contributed by atoms with E-state index < -0.39 is 21.7 Å². The average molecular weight is 524 g/mol. The van der Waals surface area contributed by atoms with Crippen LogP contribution in [-0.4, -0.2) is 32.8 Å². The molecule has 0 aliphatic carbocycles. The fraction of sp³-hybridized carbons (Fsp3) is 0.0769. The van der Waals surface area contributed by atoms with Gasteiger partial charge in [0.2, 0.25) is 5.88 Å². The van der Waals surface area contributed by atoms with E-state index in [1.165, 1.54) is 69.0 Å². The van der Waals surface area contributed by atoms with Gasteiger partial charge in [-0.25, -0.2) is 26.5 Å². The number of nitrogens with zero attached hydrogens (tertiary/aromatic N) is 3. The van der Waals surface area contributed by atoms with E-state index in [2.05, 4.69) is 10.1 Å². The maximum absolute atomic E-state index is 15.4. The Kier molecular flexibility index (Phi) is 6.22. The Bertz CT molecular complexity index is 1710. The molecule has 11 heteroatoms. The molecule has 0 amide bonds. The smallest absolute Gasteiger partial charge is 0.270 e. The van der Waals surface area contributed by atoms with Gasteiger partial charge in [-0.15, -0.1) is 0 Å². The first-order valence-corrected chi connectivity index (χ1v) is 12.3. The van der Waals surface area contributed by atoms with Gasteiger partial charge in [-0.3, -0.25) is 0 Å². The van der Waals surface area contributed by atoms with Crippen molar-refractivity contribution in [3.63, 3.8) is 0 Å². The number of aromatic nitrogens is 2. The maximum Gasteiger partial charge on any atom is 0.270 e. The molecule has 0 radical (unpaired) electrons. The van der Waals surface area contributed by atoms with Gasteiger partial charge in [-0.1, -0.05) is 23.4 Å². The Morgan fingerprint density at radius 2 is 1.76 bits per heavy atom. The number of rotatable bonds is 7. The third-order valence-electron chi connectivity index (χ3n) is 5.67. The second-order valence-electron chi connectivity index (χ2n) is 7.88. The van der Waals surface area contributed by atoms with Crippen LogP contribution >= 0.6 is 0 Å². The summed E-state index contributed by atoms with van der Waals surface area (Å²) in [6.07, 6.45) is 2.75. The zero-order chi connectivity index (χ0) is 26.2. The molecule has 0 atom stereocenters. The minimum atomic E-state index is -4.38. The first-order valence-electron chi connectivity index (χ1n) is 10.8. The van der Waals surface area contributed by atoms with Crippen molar-refractivity contribution >= 4 is 32.3 Å². The number of fused-ring (bicyclic) bond motifs is 1. The van der Waals surface area contributed by atoms with E-state index in [0.29, 0.717) is 16.7 Å². The Hall–Kier alpha value is -4.51. The summed E-state index contributed by atoms with van der Waals surface area (Å²) in [6.45, 7) is 0. The van der Waals surface area contributed by atoms with Crippen molar-refractivity contribution in [2.75, 3.05) is 18.5 Å². The molecule has 0 N–H and O–H groups in total. The van der Waals surface area contributed by atoms with Crippen LogP contribution in [0.3, 0.4) is 0 Å². The first kappa shape index (κ1) is 24.2. The molecule has 37 heavy (non-hydrogen) atoms. The number of benzene rings is 3. The lowest BCUT2D eigenvalue weighted by Crippen LogP contribution is -2.27. The number of hydrogen-bond acceptors (Lipinski definition) is 7. The fourth-order valence-corrected chi connectivity index (χ4v) is 5.37. The normalized spacial score (nSPS) is 11.5. The van der Waals surface area contributed by atoms with Crippen LogP contribution in [0.2, 0.25) is 0 Å². The predicted molar refractivity (Wildman–Crippen MR) is 132 cm³/mol. The number of anilines is 2. The molecule has 5 aromatic rings. The summed E-state index contributed by atoms with van der Waals surface area (Å²) < 4.78 is 73.5. The number of methoxy groups -OCH3 is 2. The summed E-state index contributed by atoms with van der Waals surface area (Å²) in [5, 5.41) is 5.04. The Morgan fingerprint density at radius 3 is 2.46 bits per heavy atom. The number of halogens is 2. The van der Waals surface area contributed by atoms with Crippen molar-refractivity contribution in [1.29, 1.82) is 0 Å². The molecule has 0 bridgehead atoms. The van der Waals surface area contributed by atoms with Crippen LogP contribution < -0.4 is 13.8 Å². The van der Waals surface area contributed by atoms with Gasteiger partial charge in [0.25, 0.3) is 10.0 Å². The molecule has 2 heterocycles. The molecule has 0 fully saturated rings. The Balaban J connectivity index is 1.70. The van der Waals surface area contributed by atoms with Crippen molar-refractivity contribution in [1.82, 2.24) is 10.1 Å². The third kappa shape index (κ3) is 4.45. The van der Waals surface area contributed by atoms with Gasteiger partial charge in [-0.05, 0) is 41.3 Å². The lowest BCUT2D eigenvalue weighted by Gasteiger charge is -2.24. The van der Waals surface area contributed by atoms with Gasteiger partial charge >= 0.3 is 0 Å². The zero-order valence-corrected chi connectivity index (χ0v) is 20.4. The van der Waals surface area contributed by atoms with Crippen LogP contribution in [0.1, 0.15) is 0 Å². The van der Waals surface area contributed by atoms with Gasteiger partial charge < -0.3 is 14.0 Å². The molecule has 0 unspecified atom stereocenters. The van der Waals surface area contributed by atoms with E-state index in [0.717, 1.165) is 10.4 Å². The highest BCUT2D eigenvalue weighted by Crippen LogP contribution is 2.41. The molecule has 5 rings (SSSR count). The van der Waals surface area contributed by atoms with E-state index in [1.54, 1.807) is 18.3 Å². The molecule has 188 valence electrons. The van der Waals surface area contributed by atoms with Crippen LogP contribution in [0.5, 0.6) is 11.6 Å². The number of hydrogen-bond donors (Lipinski definition) is 0. The third-order valence-corrected chi connectivity index (χ3v) is 7.38. The summed E-state index contributed by atoms with van der Waals surface area (Å²) in [7, 11) is -1.61. The van der Waals surface area contributed by atoms with Gasteiger partial charge in [-0.2, -0.15) is 0 Å². The molecule has 0 spiro atoms. The minimum absolute atomic E-state index is 0.0129. The van der Waals surface area contributed by atoms with Gasteiger partial charge in [0.05, 0.1) is 19.1 Å². The van der Waals surface area contributed by atoms with Crippen molar-refractivity contribution in [3.05, 3.63) is 90.8 Å². The van der Waals surface area contributed by atoms with E-state index in [9.17, 15) is 12.8 Å². The van der Waals surface area contributed by atoms with Gasteiger partial charge in [0.15, 0.2) is 5.82 Å². The molecule has 0 saturated carbocycles. The lowest BCUT2D eigenvalue weighted by molar-refractivity contribution is 0.399. The largest absolute Gasteiger partial charge is 0.495 e. The van der Waals surface area contributed by atoms with E-state index in [-0.39, 0.29) is 33.3 Å². The average Bonchev–Trinajstić information content (AvgIpc) is 3.42.